The summed E-state index contributed by atoms with van der Waals surface area (Å²) in [6.07, 6.45) is 1.01. The van der Waals surface area contributed by atoms with E-state index in [1.54, 1.807) is 11.3 Å². The van der Waals surface area contributed by atoms with Crippen LogP contribution in [0.25, 0.3) is 11.3 Å². The summed E-state index contributed by atoms with van der Waals surface area (Å²) < 4.78 is 0. The molecule has 0 saturated heterocycles. The maximum absolute atomic E-state index is 4.94. The van der Waals surface area contributed by atoms with Crippen LogP contribution in [0.3, 0.4) is 0 Å². The molecular formula is C19H20N2S. The first-order valence-corrected chi connectivity index (χ1v) is 8.52. The van der Waals surface area contributed by atoms with Crippen molar-refractivity contribution in [1.29, 1.82) is 0 Å². The lowest BCUT2D eigenvalue weighted by molar-refractivity contribution is 1.01. The first-order chi connectivity index (χ1) is 10.8. The van der Waals surface area contributed by atoms with Gasteiger partial charge in [-0.2, -0.15) is 0 Å². The summed E-state index contributed by atoms with van der Waals surface area (Å²) in [5.74, 6) is 0. The van der Waals surface area contributed by atoms with E-state index in [0.717, 1.165) is 23.8 Å². The summed E-state index contributed by atoms with van der Waals surface area (Å²) in [5, 5.41) is 1.07. The van der Waals surface area contributed by atoms with Crippen LogP contribution in [0.5, 0.6) is 0 Å². The van der Waals surface area contributed by atoms with E-state index in [1.165, 1.54) is 16.1 Å². The molecule has 112 valence electrons. The van der Waals surface area contributed by atoms with Crippen molar-refractivity contribution in [3.8, 4) is 11.3 Å². The third kappa shape index (κ3) is 2.90. The molecule has 0 amide bonds. The zero-order valence-corrected chi connectivity index (χ0v) is 13.8. The van der Waals surface area contributed by atoms with Crippen LogP contribution in [0.2, 0.25) is 0 Å². The smallest absolute Gasteiger partial charge is 0.190 e. The lowest BCUT2D eigenvalue weighted by atomic mass is 10.1. The first kappa shape index (κ1) is 14.8. The Kier molecular flexibility index (Phi) is 4.54. The van der Waals surface area contributed by atoms with E-state index in [9.17, 15) is 0 Å². The monoisotopic (exact) mass is 308 g/mol. The van der Waals surface area contributed by atoms with E-state index in [4.69, 9.17) is 4.98 Å². The molecule has 0 atom stereocenters. The second-order valence-corrected chi connectivity index (χ2v) is 6.13. The van der Waals surface area contributed by atoms with Gasteiger partial charge in [-0.15, -0.1) is 11.3 Å². The Balaban J connectivity index is 2.03. The number of nitrogens with zero attached hydrogens (tertiary/aromatic N) is 2. The fourth-order valence-corrected chi connectivity index (χ4v) is 3.66. The minimum Gasteiger partial charge on any atom is -0.318 e. The summed E-state index contributed by atoms with van der Waals surface area (Å²) in [6.45, 7) is 5.28. The molecule has 1 aromatic heterocycles. The maximum atomic E-state index is 4.94. The molecule has 22 heavy (non-hydrogen) atoms. The van der Waals surface area contributed by atoms with E-state index >= 15 is 0 Å². The van der Waals surface area contributed by atoms with Gasteiger partial charge in [-0.05, 0) is 25.5 Å². The van der Waals surface area contributed by atoms with Crippen LogP contribution >= 0.6 is 11.3 Å². The Labute approximate surface area is 136 Å². The normalized spacial score (nSPS) is 10.6. The molecule has 0 aliphatic rings. The Morgan fingerprint density at radius 3 is 2.14 bits per heavy atom. The molecule has 2 nitrogen and oxygen atoms in total. The van der Waals surface area contributed by atoms with Gasteiger partial charge < -0.3 is 4.90 Å². The van der Waals surface area contributed by atoms with Gasteiger partial charge >= 0.3 is 0 Å². The maximum Gasteiger partial charge on any atom is 0.190 e. The molecule has 0 unspecified atom stereocenters. The van der Waals surface area contributed by atoms with Crippen molar-refractivity contribution in [2.24, 2.45) is 0 Å². The molecule has 0 aliphatic carbocycles. The molecule has 0 spiro atoms. The van der Waals surface area contributed by atoms with Crippen LogP contribution in [0.4, 0.5) is 10.8 Å². The quantitative estimate of drug-likeness (QED) is 0.616. The Morgan fingerprint density at radius 2 is 1.55 bits per heavy atom. The van der Waals surface area contributed by atoms with Crippen molar-refractivity contribution in [2.45, 2.75) is 20.3 Å². The molecule has 0 saturated carbocycles. The van der Waals surface area contributed by atoms with Gasteiger partial charge in [0.1, 0.15) is 0 Å². The highest BCUT2D eigenvalue weighted by Crippen LogP contribution is 2.36. The number of hydrogen-bond acceptors (Lipinski definition) is 3. The van der Waals surface area contributed by atoms with Crippen molar-refractivity contribution < 1.29 is 0 Å². The van der Waals surface area contributed by atoms with Crippen LogP contribution in [-0.2, 0) is 6.42 Å². The molecule has 0 bridgehead atoms. The minimum atomic E-state index is 0.912. The second kappa shape index (κ2) is 6.75. The summed E-state index contributed by atoms with van der Waals surface area (Å²) in [6, 6.07) is 20.9. The summed E-state index contributed by atoms with van der Waals surface area (Å²) >= 11 is 1.80. The van der Waals surface area contributed by atoms with Gasteiger partial charge in [-0.1, -0.05) is 55.5 Å². The number of benzene rings is 2. The molecule has 3 rings (SSSR count). The van der Waals surface area contributed by atoms with Gasteiger partial charge in [-0.25, -0.2) is 4.98 Å². The third-order valence-corrected chi connectivity index (χ3v) is 4.89. The zero-order valence-electron chi connectivity index (χ0n) is 13.0. The van der Waals surface area contributed by atoms with Gasteiger partial charge in [0.15, 0.2) is 5.13 Å². The van der Waals surface area contributed by atoms with Crippen LogP contribution in [0.1, 0.15) is 18.7 Å². The molecule has 0 radical (unpaired) electrons. The van der Waals surface area contributed by atoms with Gasteiger partial charge in [0.05, 0.1) is 5.69 Å². The van der Waals surface area contributed by atoms with E-state index in [-0.39, 0.29) is 0 Å². The Morgan fingerprint density at radius 1 is 0.909 bits per heavy atom. The molecule has 0 fully saturated rings. The van der Waals surface area contributed by atoms with Gasteiger partial charge in [0.2, 0.25) is 0 Å². The highest BCUT2D eigenvalue weighted by atomic mass is 32.1. The molecular weight excluding hydrogens is 288 g/mol. The zero-order chi connectivity index (χ0) is 15.4. The average molecular weight is 308 g/mol. The summed E-state index contributed by atoms with van der Waals surface area (Å²) in [5.41, 5.74) is 3.52. The van der Waals surface area contributed by atoms with E-state index in [1.807, 2.05) is 12.1 Å². The highest BCUT2D eigenvalue weighted by molar-refractivity contribution is 7.16. The highest BCUT2D eigenvalue weighted by Gasteiger charge is 2.16. The Bertz CT molecular complexity index is 720. The van der Waals surface area contributed by atoms with Crippen LogP contribution < -0.4 is 4.90 Å². The van der Waals surface area contributed by atoms with Gasteiger partial charge in [0.25, 0.3) is 0 Å². The van der Waals surface area contributed by atoms with E-state index < -0.39 is 0 Å². The topological polar surface area (TPSA) is 16.1 Å². The van der Waals surface area contributed by atoms with Crippen LogP contribution in [0, 0.1) is 0 Å². The molecule has 0 N–H and O–H groups in total. The van der Waals surface area contributed by atoms with Crippen molar-refractivity contribution in [3.63, 3.8) is 0 Å². The lowest BCUT2D eigenvalue weighted by Gasteiger charge is -2.19. The van der Waals surface area contributed by atoms with E-state index in [2.05, 4.69) is 67.3 Å². The standard InChI is InChI=1S/C19H20N2S/c1-3-17-18(15-11-7-5-8-12-15)20-19(22-17)21(4-2)16-13-9-6-10-14-16/h5-14H,3-4H2,1-2H3. The minimum absolute atomic E-state index is 0.912. The van der Waals surface area contributed by atoms with E-state index in [0.29, 0.717) is 0 Å². The molecule has 3 heteroatoms. The van der Waals surface area contributed by atoms with Crippen molar-refractivity contribution in [2.75, 3.05) is 11.4 Å². The number of aromatic nitrogens is 1. The fourth-order valence-electron chi connectivity index (χ4n) is 2.55. The predicted molar refractivity (Wildman–Crippen MR) is 96.1 cm³/mol. The molecule has 2 aromatic carbocycles. The number of hydrogen-bond donors (Lipinski definition) is 0. The van der Waals surface area contributed by atoms with Crippen molar-refractivity contribution in [3.05, 3.63) is 65.5 Å². The predicted octanol–water partition coefficient (Wildman–Crippen LogP) is 5.53. The molecule has 3 aromatic rings. The summed E-state index contributed by atoms with van der Waals surface area (Å²) in [7, 11) is 0. The van der Waals surface area contributed by atoms with Gasteiger partial charge in [0, 0.05) is 22.7 Å². The fraction of sp³-hybridized carbons (Fsp3) is 0.211. The lowest BCUT2D eigenvalue weighted by Crippen LogP contribution is -2.15. The van der Waals surface area contributed by atoms with Crippen LogP contribution in [-0.4, -0.2) is 11.5 Å². The van der Waals surface area contributed by atoms with Crippen LogP contribution in [0.15, 0.2) is 60.7 Å². The van der Waals surface area contributed by atoms with Crippen molar-refractivity contribution in [1.82, 2.24) is 4.98 Å². The third-order valence-electron chi connectivity index (χ3n) is 3.67. The SMILES string of the molecule is CCc1sc(N(CC)c2ccccc2)nc1-c1ccccc1. The number of para-hydroxylation sites is 1. The largest absolute Gasteiger partial charge is 0.318 e. The summed E-state index contributed by atoms with van der Waals surface area (Å²) in [4.78, 5) is 8.56. The number of rotatable bonds is 5. The number of anilines is 2. The molecule has 1 heterocycles. The number of thiazole rings is 1. The average Bonchev–Trinajstić information content (AvgIpc) is 3.01. The molecule has 0 aliphatic heterocycles. The van der Waals surface area contributed by atoms with Crippen molar-refractivity contribution >= 4 is 22.2 Å². The van der Waals surface area contributed by atoms with Gasteiger partial charge in [-0.3, -0.25) is 0 Å². The second-order valence-electron chi connectivity index (χ2n) is 5.07. The first-order valence-electron chi connectivity index (χ1n) is 7.71. The Hall–Kier alpha value is -2.13. The number of aryl methyl sites for hydroxylation is 1.